The first-order chi connectivity index (χ1) is 7.83. The second-order valence-corrected chi connectivity index (χ2v) is 4.14. The Morgan fingerprint density at radius 1 is 0.812 bits per heavy atom. The van der Waals surface area contributed by atoms with E-state index in [1.54, 1.807) is 0 Å². The van der Waals surface area contributed by atoms with Crippen LogP contribution in [0, 0.1) is 0 Å². The van der Waals surface area contributed by atoms with Crippen molar-refractivity contribution in [2.24, 2.45) is 0 Å². The molecule has 0 spiro atoms. The molecule has 0 aromatic rings. The molecule has 16 heavy (non-hydrogen) atoms. The van der Waals surface area contributed by atoms with Gasteiger partial charge in [0.15, 0.2) is 0 Å². The van der Waals surface area contributed by atoms with Gasteiger partial charge in [0.2, 0.25) is 0 Å². The van der Waals surface area contributed by atoms with Crippen LogP contribution < -0.4 is 0 Å². The zero-order valence-electron chi connectivity index (χ0n) is 10.1. The minimum atomic E-state index is 1.05. The van der Waals surface area contributed by atoms with E-state index in [1.165, 1.54) is 16.7 Å². The second kappa shape index (κ2) is 5.13. The molecule has 84 valence electrons. The highest BCUT2D eigenvalue weighted by Crippen LogP contribution is 2.21. The van der Waals surface area contributed by atoms with E-state index in [-0.39, 0.29) is 0 Å². The molecule has 2 aliphatic rings. The van der Waals surface area contributed by atoms with Gasteiger partial charge in [-0.25, -0.2) is 0 Å². The minimum Gasteiger partial charge on any atom is -0.300 e. The molecule has 0 radical (unpaired) electrons. The van der Waals surface area contributed by atoms with E-state index in [0.717, 1.165) is 19.6 Å². The van der Waals surface area contributed by atoms with Gasteiger partial charge >= 0.3 is 0 Å². The third kappa shape index (κ3) is 2.42. The van der Waals surface area contributed by atoms with Crippen LogP contribution in [-0.2, 0) is 6.54 Å². The Morgan fingerprint density at radius 2 is 1.38 bits per heavy atom. The van der Waals surface area contributed by atoms with Crippen LogP contribution in [0.4, 0.5) is 0 Å². The maximum Gasteiger partial charge on any atom is 0.0233 e. The van der Waals surface area contributed by atoms with Crippen LogP contribution in [0.15, 0.2) is 42.5 Å². The molecule has 2 aliphatic carbocycles. The molecule has 0 saturated heterocycles. The molecule has 1 heteroatoms. The van der Waals surface area contributed by atoms with Gasteiger partial charge < -0.3 is 0 Å². The molecule has 0 fully saturated rings. The maximum atomic E-state index is 2.43. The summed E-state index contributed by atoms with van der Waals surface area (Å²) in [5, 5.41) is 0. The Kier molecular flexibility index (Phi) is 3.58. The van der Waals surface area contributed by atoms with Crippen molar-refractivity contribution in [2.75, 3.05) is 13.1 Å². The molecule has 0 aromatic carbocycles. The molecule has 0 N–H and O–H groups in total. The average Bonchev–Trinajstić information content (AvgIpc) is 2.68. The summed E-state index contributed by atoms with van der Waals surface area (Å²) in [6.07, 6.45) is 0. The molecule has 0 aromatic heterocycles. The SMILES string of the molecule is CCN(CC)Cc1ccc2cccc-2cc1. The van der Waals surface area contributed by atoms with Crippen molar-refractivity contribution < 1.29 is 0 Å². The van der Waals surface area contributed by atoms with Crippen molar-refractivity contribution in [2.45, 2.75) is 20.4 Å². The quantitative estimate of drug-likeness (QED) is 0.749. The van der Waals surface area contributed by atoms with Crippen LogP contribution in [0.3, 0.4) is 0 Å². The van der Waals surface area contributed by atoms with E-state index in [1.807, 2.05) is 0 Å². The van der Waals surface area contributed by atoms with E-state index < -0.39 is 0 Å². The lowest BCUT2D eigenvalue weighted by Gasteiger charge is -2.17. The summed E-state index contributed by atoms with van der Waals surface area (Å²) >= 11 is 0. The monoisotopic (exact) mass is 213 g/mol. The summed E-state index contributed by atoms with van der Waals surface area (Å²) in [7, 11) is 0. The third-order valence-electron chi connectivity index (χ3n) is 3.14. The average molecular weight is 213 g/mol. The molecule has 0 saturated carbocycles. The predicted octanol–water partition coefficient (Wildman–Crippen LogP) is 3.63. The van der Waals surface area contributed by atoms with Crippen LogP contribution in [0.5, 0.6) is 0 Å². The molecule has 0 heterocycles. The summed E-state index contributed by atoms with van der Waals surface area (Å²) in [6.45, 7) is 7.69. The third-order valence-corrected chi connectivity index (χ3v) is 3.14. The Morgan fingerprint density at radius 3 is 1.88 bits per heavy atom. The summed E-state index contributed by atoms with van der Waals surface area (Å²) in [5.41, 5.74) is 4.04. The van der Waals surface area contributed by atoms with E-state index in [4.69, 9.17) is 0 Å². The molecule has 0 amide bonds. The first kappa shape index (κ1) is 11.2. The maximum absolute atomic E-state index is 2.43. The van der Waals surface area contributed by atoms with Crippen LogP contribution in [0.25, 0.3) is 11.1 Å². The Labute approximate surface area is 98.1 Å². The lowest BCUT2D eigenvalue weighted by molar-refractivity contribution is 0.296. The Balaban J connectivity index is 2.22. The highest BCUT2D eigenvalue weighted by Gasteiger charge is 2.02. The van der Waals surface area contributed by atoms with E-state index >= 15 is 0 Å². The fourth-order valence-corrected chi connectivity index (χ4v) is 2.01. The van der Waals surface area contributed by atoms with Crippen molar-refractivity contribution >= 4 is 0 Å². The molecule has 2 rings (SSSR count). The summed E-state index contributed by atoms with van der Waals surface area (Å²) in [6, 6.07) is 15.3. The highest BCUT2D eigenvalue weighted by atomic mass is 15.1. The molecule has 0 bridgehead atoms. The number of hydrogen-bond acceptors (Lipinski definition) is 1. The van der Waals surface area contributed by atoms with Crippen LogP contribution in [-0.4, -0.2) is 18.0 Å². The normalized spacial score (nSPS) is 11.2. The van der Waals surface area contributed by atoms with Crippen LogP contribution in [0.2, 0.25) is 0 Å². The zero-order valence-corrected chi connectivity index (χ0v) is 10.1. The van der Waals surface area contributed by atoms with Gasteiger partial charge in [-0.1, -0.05) is 56.3 Å². The van der Waals surface area contributed by atoms with E-state index in [0.29, 0.717) is 0 Å². The highest BCUT2D eigenvalue weighted by molar-refractivity contribution is 5.65. The first-order valence-corrected chi connectivity index (χ1v) is 6.03. The van der Waals surface area contributed by atoms with Crippen molar-refractivity contribution in [1.29, 1.82) is 0 Å². The van der Waals surface area contributed by atoms with Crippen molar-refractivity contribution in [1.82, 2.24) is 4.90 Å². The largest absolute Gasteiger partial charge is 0.300 e. The van der Waals surface area contributed by atoms with Crippen molar-refractivity contribution in [3.8, 4) is 11.1 Å². The summed E-state index contributed by atoms with van der Waals surface area (Å²) < 4.78 is 0. The number of fused-ring (bicyclic) bond motifs is 1. The number of rotatable bonds is 4. The zero-order chi connectivity index (χ0) is 11.4. The molecule has 1 nitrogen and oxygen atoms in total. The summed E-state index contributed by atoms with van der Waals surface area (Å²) in [5.74, 6) is 0. The molecule has 0 unspecified atom stereocenters. The predicted molar refractivity (Wildman–Crippen MR) is 69.7 cm³/mol. The van der Waals surface area contributed by atoms with Crippen molar-refractivity contribution in [3.63, 3.8) is 0 Å². The van der Waals surface area contributed by atoms with Gasteiger partial charge in [0.1, 0.15) is 0 Å². The molecule has 0 aliphatic heterocycles. The lowest BCUT2D eigenvalue weighted by Crippen LogP contribution is -2.21. The standard InChI is InChI=1S/C15H19N/c1-3-16(4-2)12-13-8-10-14-6-5-7-15(14)11-9-13/h5-11H,3-4,12H2,1-2H3. The Bertz CT molecular complexity index is 387. The number of nitrogens with zero attached hydrogens (tertiary/aromatic N) is 1. The molecular formula is C15H19N. The molecular weight excluding hydrogens is 194 g/mol. The van der Waals surface area contributed by atoms with E-state index in [2.05, 4.69) is 61.2 Å². The van der Waals surface area contributed by atoms with Gasteiger partial charge in [0.25, 0.3) is 0 Å². The van der Waals surface area contributed by atoms with Gasteiger partial charge in [0.05, 0.1) is 0 Å². The Hall–Kier alpha value is -1.34. The van der Waals surface area contributed by atoms with Crippen LogP contribution in [0.1, 0.15) is 19.4 Å². The van der Waals surface area contributed by atoms with Crippen LogP contribution >= 0.6 is 0 Å². The van der Waals surface area contributed by atoms with Gasteiger partial charge in [-0.3, -0.25) is 4.90 Å². The molecule has 0 atom stereocenters. The van der Waals surface area contributed by atoms with E-state index in [9.17, 15) is 0 Å². The lowest BCUT2D eigenvalue weighted by atomic mass is 10.2. The van der Waals surface area contributed by atoms with Gasteiger partial charge in [-0.05, 0) is 29.8 Å². The number of hydrogen-bond donors (Lipinski definition) is 0. The smallest absolute Gasteiger partial charge is 0.0233 e. The first-order valence-electron chi connectivity index (χ1n) is 6.03. The van der Waals surface area contributed by atoms with Gasteiger partial charge in [-0.2, -0.15) is 0 Å². The summed E-state index contributed by atoms with van der Waals surface area (Å²) in [4.78, 5) is 2.43. The van der Waals surface area contributed by atoms with Gasteiger partial charge in [0, 0.05) is 6.54 Å². The second-order valence-electron chi connectivity index (χ2n) is 4.14. The van der Waals surface area contributed by atoms with Gasteiger partial charge in [-0.15, -0.1) is 0 Å². The topological polar surface area (TPSA) is 3.24 Å². The van der Waals surface area contributed by atoms with Crippen molar-refractivity contribution in [3.05, 3.63) is 48.0 Å². The fraction of sp³-hybridized carbons (Fsp3) is 0.333. The fourth-order valence-electron chi connectivity index (χ4n) is 2.01. The minimum absolute atomic E-state index is 1.05.